The number of alkyl halides is 6. The van der Waals surface area contributed by atoms with Crippen LogP contribution in [0.5, 0.6) is 5.75 Å². The minimum absolute atomic E-state index is 0.0598. The highest BCUT2D eigenvalue weighted by Crippen LogP contribution is 2.30. The fourth-order valence-corrected chi connectivity index (χ4v) is 3.84. The molecule has 3 heterocycles. The van der Waals surface area contributed by atoms with Crippen LogP contribution in [0.15, 0.2) is 23.0 Å². The van der Waals surface area contributed by atoms with Crippen LogP contribution in [-0.2, 0) is 30.5 Å². The topological polar surface area (TPSA) is 147 Å². The van der Waals surface area contributed by atoms with E-state index in [4.69, 9.17) is 14.6 Å². The SMILES string of the molecule is COc1ccc(Cc2[nH+][nH]c(=O)c(C)c2C)cc1C(=O)N1CCn2c(nnc2C(F)(F)F)C1.O=C([O-])C(F)(F)F. The van der Waals surface area contributed by atoms with Crippen molar-refractivity contribution in [1.29, 1.82) is 0 Å². The third-order valence-electron chi connectivity index (χ3n) is 6.08. The second-order valence-electron chi connectivity index (χ2n) is 8.62. The number of carbonyl (C=O) groups excluding carboxylic acids is 2. The van der Waals surface area contributed by atoms with Crippen molar-refractivity contribution in [3.63, 3.8) is 0 Å². The van der Waals surface area contributed by atoms with Gasteiger partial charge in [-0.05, 0) is 31.5 Å². The van der Waals surface area contributed by atoms with E-state index < -0.39 is 24.1 Å². The van der Waals surface area contributed by atoms with Gasteiger partial charge in [0.05, 0.1) is 25.6 Å². The summed E-state index contributed by atoms with van der Waals surface area (Å²) < 4.78 is 77.2. The first-order valence-corrected chi connectivity index (χ1v) is 11.4. The van der Waals surface area contributed by atoms with Crippen LogP contribution in [0, 0.1) is 13.8 Å². The summed E-state index contributed by atoms with van der Waals surface area (Å²) in [5.74, 6) is -4.02. The molecule has 2 aromatic heterocycles. The number of H-pyrrole nitrogens is 2. The summed E-state index contributed by atoms with van der Waals surface area (Å²) in [6.07, 6.45) is -9.37. The van der Waals surface area contributed by atoms with Gasteiger partial charge in [-0.2, -0.15) is 26.3 Å². The van der Waals surface area contributed by atoms with Gasteiger partial charge in [0.15, 0.2) is 5.82 Å². The van der Waals surface area contributed by atoms with Crippen molar-refractivity contribution in [2.75, 3.05) is 13.7 Å². The smallest absolute Gasteiger partial charge is 0.451 e. The first kappa shape index (κ1) is 30.1. The van der Waals surface area contributed by atoms with Crippen molar-refractivity contribution in [2.24, 2.45) is 0 Å². The van der Waals surface area contributed by atoms with E-state index in [1.807, 2.05) is 13.0 Å². The van der Waals surface area contributed by atoms with Gasteiger partial charge >= 0.3 is 17.9 Å². The summed E-state index contributed by atoms with van der Waals surface area (Å²) in [4.78, 5) is 35.2. The fraction of sp³-hybridized carbons (Fsp3) is 0.391. The zero-order chi connectivity index (χ0) is 30.0. The van der Waals surface area contributed by atoms with E-state index in [1.54, 1.807) is 19.1 Å². The number of carbonyl (C=O) groups is 2. The fourth-order valence-electron chi connectivity index (χ4n) is 3.84. The number of aromatic nitrogens is 5. The Bertz CT molecular complexity index is 1480. The molecule has 0 atom stereocenters. The number of aromatic amines is 2. The Labute approximate surface area is 221 Å². The maximum atomic E-state index is 13.3. The van der Waals surface area contributed by atoms with Crippen molar-refractivity contribution in [3.05, 3.63) is 68.1 Å². The first-order valence-electron chi connectivity index (χ1n) is 11.4. The Kier molecular flexibility index (Phi) is 8.54. The standard InChI is InChI=1S/C21H21F3N6O3.C2HF3O2/c1-11-12(2)18(31)27-25-15(11)9-13-4-5-16(33-3)14(8-13)19(32)29-6-7-30-17(10-29)26-28-20(30)21(22,23)24;3-2(4,5)1(6)7/h4-5,8H,6-7,9-10H2,1-3H3,(H,27,31);(H,6,7). The number of carboxylic acids is 1. The van der Waals surface area contributed by atoms with Crippen molar-refractivity contribution in [3.8, 4) is 5.75 Å². The number of rotatable bonds is 4. The number of fused-ring (bicyclic) bond motifs is 1. The molecule has 0 unspecified atom stereocenters. The number of hydrogen-bond donors (Lipinski definition) is 1. The van der Waals surface area contributed by atoms with Crippen LogP contribution in [-0.4, -0.2) is 56.5 Å². The first-order chi connectivity index (χ1) is 18.5. The van der Waals surface area contributed by atoms with Gasteiger partial charge in [-0.3, -0.25) is 9.59 Å². The molecule has 1 aliphatic rings. The molecular formula is C23H22F6N6O5. The lowest BCUT2D eigenvalue weighted by Gasteiger charge is -2.28. The van der Waals surface area contributed by atoms with Crippen LogP contribution in [0.4, 0.5) is 26.3 Å². The number of hydrogen-bond acceptors (Lipinski definition) is 7. The Hall–Kier alpha value is -4.44. The minimum Gasteiger partial charge on any atom is -0.542 e. The molecule has 0 bridgehead atoms. The van der Waals surface area contributed by atoms with Crippen LogP contribution < -0.4 is 20.5 Å². The van der Waals surface area contributed by atoms with Crippen LogP contribution in [0.1, 0.15) is 44.4 Å². The number of nitrogens with zero attached hydrogens (tertiary/aromatic N) is 4. The summed E-state index contributed by atoms with van der Waals surface area (Å²) >= 11 is 0. The number of ether oxygens (including phenoxy) is 1. The van der Waals surface area contributed by atoms with E-state index in [-0.39, 0.29) is 42.5 Å². The normalized spacial score (nSPS) is 13.3. The molecule has 0 radical (unpaired) electrons. The van der Waals surface area contributed by atoms with Crippen molar-refractivity contribution in [2.45, 2.75) is 45.7 Å². The molecule has 0 saturated heterocycles. The third kappa shape index (κ3) is 6.58. The third-order valence-corrected chi connectivity index (χ3v) is 6.08. The molecule has 4 rings (SSSR count). The van der Waals surface area contributed by atoms with Gasteiger partial charge in [0.25, 0.3) is 5.91 Å². The van der Waals surface area contributed by atoms with Crippen molar-refractivity contribution < 1.29 is 50.9 Å². The molecule has 216 valence electrons. The van der Waals surface area contributed by atoms with Crippen LogP contribution in [0.3, 0.4) is 0 Å². The highest BCUT2D eigenvalue weighted by Gasteiger charge is 2.40. The molecular weight excluding hydrogens is 554 g/mol. The van der Waals surface area contributed by atoms with Gasteiger partial charge in [0.1, 0.15) is 11.7 Å². The minimum atomic E-state index is -5.19. The predicted molar refractivity (Wildman–Crippen MR) is 120 cm³/mol. The van der Waals surface area contributed by atoms with Crippen LogP contribution in [0.2, 0.25) is 0 Å². The van der Waals surface area contributed by atoms with Gasteiger partial charge in [0, 0.05) is 24.2 Å². The zero-order valence-corrected chi connectivity index (χ0v) is 21.2. The van der Waals surface area contributed by atoms with Crippen LogP contribution in [0.25, 0.3) is 0 Å². The van der Waals surface area contributed by atoms with Gasteiger partial charge in [-0.15, -0.1) is 20.4 Å². The second kappa shape index (κ2) is 11.4. The maximum absolute atomic E-state index is 13.3. The van der Waals surface area contributed by atoms with E-state index in [2.05, 4.69) is 20.4 Å². The van der Waals surface area contributed by atoms with E-state index in [0.29, 0.717) is 17.7 Å². The highest BCUT2D eigenvalue weighted by molar-refractivity contribution is 5.97. The van der Waals surface area contributed by atoms with E-state index in [0.717, 1.165) is 21.4 Å². The summed E-state index contributed by atoms with van der Waals surface area (Å²) in [5.41, 5.74) is 3.10. The van der Waals surface area contributed by atoms with Gasteiger partial charge in [-0.1, -0.05) is 6.07 Å². The maximum Gasteiger partial charge on any atom is 0.451 e. The van der Waals surface area contributed by atoms with E-state index >= 15 is 0 Å². The molecule has 1 aromatic carbocycles. The number of methoxy groups -OCH3 is 1. The number of nitrogens with one attached hydrogen (secondary N) is 2. The molecule has 1 aliphatic heterocycles. The lowest BCUT2D eigenvalue weighted by atomic mass is 10.0. The largest absolute Gasteiger partial charge is 0.542 e. The monoisotopic (exact) mass is 576 g/mol. The Morgan fingerprint density at radius 1 is 1.10 bits per heavy atom. The average Bonchev–Trinajstić information content (AvgIpc) is 3.32. The average molecular weight is 576 g/mol. The molecule has 40 heavy (non-hydrogen) atoms. The molecule has 11 nitrogen and oxygen atoms in total. The molecule has 3 aromatic rings. The van der Waals surface area contributed by atoms with E-state index in [9.17, 15) is 35.9 Å². The van der Waals surface area contributed by atoms with Crippen molar-refractivity contribution in [1.82, 2.24) is 24.8 Å². The van der Waals surface area contributed by atoms with Gasteiger partial charge in [-0.25, -0.2) is 0 Å². The number of amides is 1. The predicted octanol–water partition coefficient (Wildman–Crippen LogP) is 0.970. The molecule has 2 N–H and O–H groups in total. The molecule has 1 amide bonds. The number of aliphatic carboxylic acids is 1. The quantitative estimate of drug-likeness (QED) is 0.456. The number of carboxylic acid groups (broad SMARTS) is 1. The van der Waals surface area contributed by atoms with Crippen LogP contribution >= 0.6 is 0 Å². The van der Waals surface area contributed by atoms with E-state index in [1.165, 1.54) is 12.0 Å². The highest BCUT2D eigenvalue weighted by atomic mass is 19.4. The van der Waals surface area contributed by atoms with Gasteiger partial charge in [0.2, 0.25) is 11.5 Å². The molecule has 0 aliphatic carbocycles. The Morgan fingerprint density at radius 3 is 2.33 bits per heavy atom. The van der Waals surface area contributed by atoms with Gasteiger partial charge < -0.3 is 24.1 Å². The number of benzene rings is 1. The summed E-state index contributed by atoms with van der Waals surface area (Å²) in [6, 6.07) is 5.17. The Morgan fingerprint density at radius 2 is 1.75 bits per heavy atom. The Balaban J connectivity index is 0.000000559. The molecule has 0 spiro atoms. The van der Waals surface area contributed by atoms with Crippen molar-refractivity contribution >= 4 is 11.9 Å². The number of halogens is 6. The summed E-state index contributed by atoms with van der Waals surface area (Å²) in [6.45, 7) is 3.49. The molecule has 17 heteroatoms. The molecule has 0 saturated carbocycles. The summed E-state index contributed by atoms with van der Waals surface area (Å²) in [7, 11) is 1.44. The lowest BCUT2D eigenvalue weighted by Crippen LogP contribution is -2.39. The summed E-state index contributed by atoms with van der Waals surface area (Å²) in [5, 5.41) is 21.1. The lowest BCUT2D eigenvalue weighted by molar-refractivity contribution is -0.467. The molecule has 0 fully saturated rings. The zero-order valence-electron chi connectivity index (χ0n) is 21.2. The second-order valence-corrected chi connectivity index (χ2v) is 8.62.